The second-order valence-corrected chi connectivity index (χ2v) is 6.51. The summed E-state index contributed by atoms with van der Waals surface area (Å²) in [6.45, 7) is 2.07. The fourth-order valence-corrected chi connectivity index (χ4v) is 3.70. The summed E-state index contributed by atoms with van der Waals surface area (Å²) >= 11 is 5.15. The van der Waals surface area contributed by atoms with Crippen molar-refractivity contribution in [3.63, 3.8) is 0 Å². The first-order valence-electron chi connectivity index (χ1n) is 6.32. The van der Waals surface area contributed by atoms with Crippen LogP contribution in [0.1, 0.15) is 18.5 Å². The van der Waals surface area contributed by atoms with Crippen molar-refractivity contribution in [2.45, 2.75) is 13.0 Å². The van der Waals surface area contributed by atoms with Gasteiger partial charge in [0.15, 0.2) is 0 Å². The average Bonchev–Trinajstić information content (AvgIpc) is 2.85. The summed E-state index contributed by atoms with van der Waals surface area (Å²) in [7, 11) is 0. The first-order chi connectivity index (χ1) is 9.63. The Balaban J connectivity index is 1.85. The predicted molar refractivity (Wildman–Crippen MR) is 88.0 cm³/mol. The van der Waals surface area contributed by atoms with Crippen LogP contribution < -0.4 is 5.32 Å². The molecule has 20 heavy (non-hydrogen) atoms. The van der Waals surface area contributed by atoms with Gasteiger partial charge in [-0.25, -0.2) is 4.39 Å². The minimum Gasteiger partial charge on any atom is -0.378 e. The van der Waals surface area contributed by atoms with E-state index < -0.39 is 0 Å². The van der Waals surface area contributed by atoms with Gasteiger partial charge in [-0.15, -0.1) is 11.3 Å². The van der Waals surface area contributed by atoms with E-state index in [1.165, 1.54) is 22.2 Å². The second kappa shape index (κ2) is 5.54. The molecule has 1 N–H and O–H groups in total. The molecule has 3 aromatic rings. The zero-order valence-electron chi connectivity index (χ0n) is 10.9. The maximum absolute atomic E-state index is 13.1. The van der Waals surface area contributed by atoms with Crippen LogP contribution in [0.2, 0.25) is 0 Å². The van der Waals surface area contributed by atoms with E-state index >= 15 is 0 Å². The highest BCUT2D eigenvalue weighted by Gasteiger charge is 2.10. The largest absolute Gasteiger partial charge is 0.378 e. The van der Waals surface area contributed by atoms with Gasteiger partial charge < -0.3 is 5.32 Å². The van der Waals surface area contributed by atoms with Crippen LogP contribution in [0.25, 0.3) is 10.1 Å². The number of anilines is 1. The molecule has 0 saturated carbocycles. The summed E-state index contributed by atoms with van der Waals surface area (Å²) < 4.78 is 15.2. The minimum absolute atomic E-state index is 0.0982. The van der Waals surface area contributed by atoms with E-state index in [-0.39, 0.29) is 11.9 Å². The van der Waals surface area contributed by atoms with Gasteiger partial charge in [0.1, 0.15) is 5.82 Å². The molecule has 0 radical (unpaired) electrons. The quantitative estimate of drug-likeness (QED) is 0.613. The zero-order valence-corrected chi connectivity index (χ0v) is 13.3. The fourth-order valence-electron chi connectivity index (χ4n) is 2.24. The number of rotatable bonds is 3. The summed E-state index contributed by atoms with van der Waals surface area (Å²) in [6.07, 6.45) is 0. The van der Waals surface area contributed by atoms with Gasteiger partial charge in [0.25, 0.3) is 0 Å². The van der Waals surface area contributed by atoms with Crippen LogP contribution in [-0.4, -0.2) is 0 Å². The van der Waals surface area contributed by atoms with E-state index in [4.69, 9.17) is 0 Å². The van der Waals surface area contributed by atoms with Crippen LogP contribution in [0, 0.1) is 5.82 Å². The number of nitrogens with one attached hydrogen (secondary N) is 1. The van der Waals surface area contributed by atoms with Gasteiger partial charge in [0.05, 0.1) is 0 Å². The molecule has 2 aromatic carbocycles. The number of hydrogen-bond donors (Lipinski definition) is 1. The third kappa shape index (κ3) is 2.72. The average molecular weight is 350 g/mol. The van der Waals surface area contributed by atoms with Crippen molar-refractivity contribution in [3.05, 3.63) is 63.7 Å². The van der Waals surface area contributed by atoms with E-state index in [1.807, 2.05) is 0 Å². The molecule has 0 aliphatic carbocycles. The molecule has 0 amide bonds. The Hall–Kier alpha value is -1.39. The van der Waals surface area contributed by atoms with Crippen molar-refractivity contribution < 1.29 is 4.39 Å². The Morgan fingerprint density at radius 2 is 2.00 bits per heavy atom. The molecule has 1 aromatic heterocycles. The van der Waals surface area contributed by atoms with Crippen molar-refractivity contribution in [3.8, 4) is 0 Å². The molecule has 4 heteroatoms. The topological polar surface area (TPSA) is 12.0 Å². The van der Waals surface area contributed by atoms with Crippen molar-refractivity contribution in [2.24, 2.45) is 0 Å². The normalized spacial score (nSPS) is 12.6. The summed E-state index contributed by atoms with van der Waals surface area (Å²) in [4.78, 5) is 0. The standard InChI is InChI=1S/C16H13BrFNS/c1-10(14-4-2-12(18)9-15(14)17)19-13-3-5-16-11(8-13)6-7-20-16/h2-10,19H,1H3. The lowest BCUT2D eigenvalue weighted by molar-refractivity contribution is 0.625. The van der Waals surface area contributed by atoms with Gasteiger partial charge >= 0.3 is 0 Å². The molecule has 1 atom stereocenters. The van der Waals surface area contributed by atoms with E-state index in [1.54, 1.807) is 17.4 Å². The Morgan fingerprint density at radius 3 is 2.80 bits per heavy atom. The van der Waals surface area contributed by atoms with Gasteiger partial charge in [-0.2, -0.15) is 0 Å². The summed E-state index contributed by atoms with van der Waals surface area (Å²) in [5.41, 5.74) is 2.11. The summed E-state index contributed by atoms with van der Waals surface area (Å²) in [5.74, 6) is -0.229. The molecule has 1 nitrogen and oxygen atoms in total. The summed E-state index contributed by atoms with van der Waals surface area (Å²) in [6, 6.07) is 13.3. The number of benzene rings is 2. The van der Waals surface area contributed by atoms with Gasteiger partial charge in [-0.1, -0.05) is 22.0 Å². The lowest BCUT2D eigenvalue weighted by atomic mass is 10.1. The molecule has 0 aliphatic rings. The lowest BCUT2D eigenvalue weighted by Gasteiger charge is -2.17. The van der Waals surface area contributed by atoms with Crippen LogP contribution in [0.15, 0.2) is 52.3 Å². The number of fused-ring (bicyclic) bond motifs is 1. The fraction of sp³-hybridized carbons (Fsp3) is 0.125. The molecule has 3 rings (SSSR count). The first-order valence-corrected chi connectivity index (χ1v) is 7.99. The molecule has 0 bridgehead atoms. The Bertz CT molecular complexity index is 753. The molecular formula is C16H13BrFNS. The van der Waals surface area contributed by atoms with Crippen LogP contribution in [-0.2, 0) is 0 Å². The maximum Gasteiger partial charge on any atom is 0.124 e. The molecular weight excluding hydrogens is 337 g/mol. The van der Waals surface area contributed by atoms with Crippen molar-refractivity contribution in [2.75, 3.05) is 5.32 Å². The van der Waals surface area contributed by atoms with Crippen LogP contribution >= 0.6 is 27.3 Å². The van der Waals surface area contributed by atoms with Crippen LogP contribution in [0.3, 0.4) is 0 Å². The highest BCUT2D eigenvalue weighted by Crippen LogP contribution is 2.29. The molecule has 1 unspecified atom stereocenters. The Kier molecular flexibility index (Phi) is 3.76. The molecule has 0 saturated heterocycles. The highest BCUT2D eigenvalue weighted by atomic mass is 79.9. The van der Waals surface area contributed by atoms with Gasteiger partial charge in [0.2, 0.25) is 0 Å². The van der Waals surface area contributed by atoms with Gasteiger partial charge in [-0.3, -0.25) is 0 Å². The third-order valence-electron chi connectivity index (χ3n) is 3.26. The monoisotopic (exact) mass is 349 g/mol. The Labute approximate surface area is 129 Å². The molecule has 102 valence electrons. The number of thiophene rings is 1. The SMILES string of the molecule is CC(Nc1ccc2sccc2c1)c1ccc(F)cc1Br. The number of hydrogen-bond acceptors (Lipinski definition) is 2. The second-order valence-electron chi connectivity index (χ2n) is 4.71. The van der Waals surface area contributed by atoms with E-state index in [0.29, 0.717) is 0 Å². The Morgan fingerprint density at radius 1 is 1.15 bits per heavy atom. The van der Waals surface area contributed by atoms with Gasteiger partial charge in [-0.05, 0) is 59.7 Å². The van der Waals surface area contributed by atoms with Crippen LogP contribution in [0.5, 0.6) is 0 Å². The molecule has 1 heterocycles. The molecule has 0 fully saturated rings. The molecule has 0 aliphatic heterocycles. The van der Waals surface area contributed by atoms with E-state index in [0.717, 1.165) is 15.7 Å². The minimum atomic E-state index is -0.229. The van der Waals surface area contributed by atoms with Gasteiger partial charge in [0, 0.05) is 20.9 Å². The smallest absolute Gasteiger partial charge is 0.124 e. The highest BCUT2D eigenvalue weighted by molar-refractivity contribution is 9.10. The number of halogens is 2. The van der Waals surface area contributed by atoms with Crippen molar-refractivity contribution >= 4 is 43.0 Å². The van der Waals surface area contributed by atoms with Crippen molar-refractivity contribution in [1.82, 2.24) is 0 Å². The summed E-state index contributed by atoms with van der Waals surface area (Å²) in [5, 5.41) is 6.79. The predicted octanol–water partition coefficient (Wildman–Crippen LogP) is 5.98. The zero-order chi connectivity index (χ0) is 14.1. The van der Waals surface area contributed by atoms with Crippen molar-refractivity contribution in [1.29, 1.82) is 0 Å². The van der Waals surface area contributed by atoms with E-state index in [9.17, 15) is 4.39 Å². The van der Waals surface area contributed by atoms with E-state index in [2.05, 4.69) is 57.8 Å². The first kappa shape index (κ1) is 13.6. The maximum atomic E-state index is 13.1. The molecule has 0 spiro atoms. The van der Waals surface area contributed by atoms with Crippen LogP contribution in [0.4, 0.5) is 10.1 Å². The third-order valence-corrected chi connectivity index (χ3v) is 4.85. The lowest BCUT2D eigenvalue weighted by Crippen LogP contribution is -2.07.